The van der Waals surface area contributed by atoms with Gasteiger partial charge in [0.05, 0.1) is 21.9 Å². The fourth-order valence-electron chi connectivity index (χ4n) is 5.92. The first kappa shape index (κ1) is 13.1. The van der Waals surface area contributed by atoms with E-state index in [1.807, 2.05) is 0 Å². The van der Waals surface area contributed by atoms with Crippen LogP contribution in [0.25, 0.3) is 87.6 Å². The predicted octanol–water partition coefficient (Wildman–Crippen LogP) is 12.0. The molecule has 1 heteroatoms. The second-order valence-corrected chi connectivity index (χ2v) is 10.1. The second kappa shape index (κ2) is 9.44. The van der Waals surface area contributed by atoms with Gasteiger partial charge in [-0.3, -0.25) is 0 Å². The van der Waals surface area contributed by atoms with Gasteiger partial charge >= 0.3 is 0 Å². The van der Waals surface area contributed by atoms with Gasteiger partial charge in [0.2, 0.25) is 0 Å². The number of para-hydroxylation sites is 1. The molecule has 0 aliphatic carbocycles. The minimum atomic E-state index is -0.531. The second-order valence-electron chi connectivity index (χ2n) is 10.1. The van der Waals surface area contributed by atoms with Gasteiger partial charge in [-0.05, 0) is 83.8 Å². The number of hydrogen-bond donors (Lipinski definition) is 0. The van der Waals surface area contributed by atoms with Gasteiger partial charge in [-0.15, -0.1) is 0 Å². The van der Waals surface area contributed by atoms with Crippen molar-refractivity contribution < 1.29 is 26.3 Å². The highest BCUT2D eigenvalue weighted by atomic mass is 16.3. The first-order valence-electron chi connectivity index (χ1n) is 21.4. The van der Waals surface area contributed by atoms with E-state index < -0.39 is 48.3 Å². The van der Waals surface area contributed by atoms with Gasteiger partial charge in [0, 0.05) is 10.8 Å². The van der Waals surface area contributed by atoms with Gasteiger partial charge in [-0.25, -0.2) is 0 Å². The summed E-state index contributed by atoms with van der Waals surface area (Å²) in [5.74, 6) is 0. The molecule has 0 unspecified atom stereocenters. The summed E-state index contributed by atoms with van der Waals surface area (Å²) >= 11 is 0. The Morgan fingerprint density at radius 1 is 0.395 bits per heavy atom. The Hall–Kier alpha value is -5.66. The van der Waals surface area contributed by atoms with Crippen LogP contribution in [0, 0.1) is 0 Å². The fourth-order valence-corrected chi connectivity index (χ4v) is 5.92. The van der Waals surface area contributed by atoms with Crippen LogP contribution in [0.2, 0.25) is 0 Å². The van der Waals surface area contributed by atoms with E-state index in [9.17, 15) is 0 Å². The van der Waals surface area contributed by atoms with Crippen molar-refractivity contribution >= 4 is 54.3 Å². The topological polar surface area (TPSA) is 13.1 Å². The summed E-state index contributed by atoms with van der Waals surface area (Å²) < 4.78 is 143. The van der Waals surface area contributed by atoms with E-state index >= 15 is 0 Å². The number of benzene rings is 8. The zero-order valence-electron chi connectivity index (χ0n) is 38.2. The molecule has 8 aromatic carbocycles. The third kappa shape index (κ3) is 3.72. The van der Waals surface area contributed by atoms with E-state index in [0.717, 1.165) is 0 Å². The van der Waals surface area contributed by atoms with Crippen LogP contribution in [0.3, 0.4) is 0 Å². The van der Waals surface area contributed by atoms with Crippen molar-refractivity contribution in [1.29, 1.82) is 0 Å². The maximum absolute atomic E-state index is 8.95. The summed E-state index contributed by atoms with van der Waals surface area (Å²) in [6.07, 6.45) is 0. The Kier molecular flexibility index (Phi) is 2.88. The smallest absolute Gasteiger partial charge is 0.136 e. The summed E-state index contributed by atoms with van der Waals surface area (Å²) in [5.41, 5.74) is 1.96. The van der Waals surface area contributed by atoms with Crippen LogP contribution in [0.15, 0.2) is 162 Å². The van der Waals surface area contributed by atoms with Crippen LogP contribution in [0.1, 0.15) is 21.9 Å². The van der Waals surface area contributed by atoms with E-state index in [1.165, 1.54) is 30.3 Å². The molecule has 9 rings (SSSR count). The van der Waals surface area contributed by atoms with Crippen LogP contribution in [0.5, 0.6) is 0 Å². The molecule has 0 atom stereocenters. The molecule has 43 heavy (non-hydrogen) atoms. The molecule has 200 valence electrons. The lowest BCUT2D eigenvalue weighted by molar-refractivity contribution is 0.669. The van der Waals surface area contributed by atoms with Crippen molar-refractivity contribution in [2.24, 2.45) is 0 Å². The standard InChI is InChI=1S/C42H26O/c1-2-11-30-26-31(25-20-27(30)10-1)41-35-14-5-3-12-33(35)40(34-13-4-6-15-36(34)41)29-23-21-28(22-24-29)32-17-9-19-39-42(32)37-16-7-8-18-38(37)43-39/h1-26H/i1D,2D,3D,4D,5D,6D,7D,8D,9D,10D,11D,16D,17D,18D,19D,20D. The average molecular weight is 563 g/mol. The van der Waals surface area contributed by atoms with Crippen LogP contribution >= 0.6 is 0 Å². The molecular formula is C42H26O. The minimum Gasteiger partial charge on any atom is -0.456 e. The Morgan fingerprint density at radius 2 is 0.977 bits per heavy atom. The maximum atomic E-state index is 8.95. The quantitative estimate of drug-likeness (QED) is 0.195. The number of furan rings is 1. The third-order valence-corrected chi connectivity index (χ3v) is 7.78. The lowest BCUT2D eigenvalue weighted by atomic mass is 9.85. The molecule has 1 heterocycles. The van der Waals surface area contributed by atoms with E-state index in [2.05, 4.69) is 0 Å². The highest BCUT2D eigenvalue weighted by Gasteiger charge is 2.17. The highest BCUT2D eigenvalue weighted by molar-refractivity contribution is 6.22. The Morgan fingerprint density at radius 3 is 1.70 bits per heavy atom. The van der Waals surface area contributed by atoms with Crippen LogP contribution < -0.4 is 0 Å². The lowest BCUT2D eigenvalue weighted by Gasteiger charge is -2.18. The molecule has 0 spiro atoms. The van der Waals surface area contributed by atoms with Crippen molar-refractivity contribution in [1.82, 2.24) is 0 Å². The fraction of sp³-hybridized carbons (Fsp3) is 0. The molecule has 1 aromatic heterocycles. The van der Waals surface area contributed by atoms with Crippen LogP contribution in [0.4, 0.5) is 0 Å². The van der Waals surface area contributed by atoms with Crippen molar-refractivity contribution in [2.45, 2.75) is 0 Å². The highest BCUT2D eigenvalue weighted by Crippen LogP contribution is 2.45. The summed E-state index contributed by atoms with van der Waals surface area (Å²) in [4.78, 5) is 0. The van der Waals surface area contributed by atoms with Gasteiger partial charge in [-0.2, -0.15) is 0 Å². The molecule has 0 radical (unpaired) electrons. The molecule has 0 N–H and O–H groups in total. The molecule has 0 bridgehead atoms. The summed E-state index contributed by atoms with van der Waals surface area (Å²) in [6, 6.07) is 10.2. The van der Waals surface area contributed by atoms with Gasteiger partial charge in [-0.1, -0.05) is 139 Å². The first-order chi connectivity index (χ1) is 27.9. The average Bonchev–Trinajstić information content (AvgIpc) is 3.61. The predicted molar refractivity (Wildman–Crippen MR) is 183 cm³/mol. The van der Waals surface area contributed by atoms with Crippen molar-refractivity contribution in [3.05, 3.63) is 157 Å². The summed E-state index contributed by atoms with van der Waals surface area (Å²) in [6.45, 7) is 0. The van der Waals surface area contributed by atoms with Gasteiger partial charge < -0.3 is 4.42 Å². The maximum Gasteiger partial charge on any atom is 0.136 e. The molecule has 0 saturated carbocycles. The van der Waals surface area contributed by atoms with Crippen LogP contribution in [-0.2, 0) is 0 Å². The van der Waals surface area contributed by atoms with Gasteiger partial charge in [0.1, 0.15) is 11.2 Å². The molecular weight excluding hydrogens is 520 g/mol. The summed E-state index contributed by atoms with van der Waals surface area (Å²) in [7, 11) is 0. The Labute approximate surface area is 271 Å². The zero-order chi connectivity index (χ0) is 42.3. The number of rotatable bonds is 3. The Balaban J connectivity index is 1.35. The van der Waals surface area contributed by atoms with Crippen molar-refractivity contribution in [2.75, 3.05) is 0 Å². The molecule has 9 aromatic rings. The molecule has 0 aliphatic heterocycles. The van der Waals surface area contributed by atoms with E-state index in [4.69, 9.17) is 26.3 Å². The van der Waals surface area contributed by atoms with E-state index in [1.54, 1.807) is 30.3 Å². The molecule has 0 aliphatic rings. The van der Waals surface area contributed by atoms with Crippen molar-refractivity contribution in [3.8, 4) is 33.4 Å². The van der Waals surface area contributed by atoms with E-state index in [-0.39, 0.29) is 86.6 Å². The summed E-state index contributed by atoms with van der Waals surface area (Å²) in [5, 5.41) is 2.00. The van der Waals surface area contributed by atoms with Gasteiger partial charge in [0.15, 0.2) is 0 Å². The number of hydrogen-bond acceptors (Lipinski definition) is 1. The minimum absolute atomic E-state index is 0.0249. The zero-order valence-corrected chi connectivity index (χ0v) is 22.2. The lowest BCUT2D eigenvalue weighted by Crippen LogP contribution is -1.91. The SMILES string of the molecule is [2H]c1cc2c(-c3ccc(-c4c([2H])c([2H])c([2H])c5oc6c([2H])c([2H])c([2H])c([2H])c6c45)cc3)c3cc([2H])c([2H])cc3c(-c3cc([2H])c4c([2H])c([2H])c([2H])c([2H])c4c3)c2cc1[2H]. The molecule has 0 fully saturated rings. The molecule has 1 nitrogen and oxygen atoms in total. The largest absolute Gasteiger partial charge is 0.456 e. The third-order valence-electron chi connectivity index (χ3n) is 7.78. The molecule has 0 amide bonds. The number of fused-ring (bicyclic) bond motifs is 6. The normalized spacial score (nSPS) is 16.9. The van der Waals surface area contributed by atoms with E-state index in [0.29, 0.717) is 49.4 Å². The Bertz CT molecular complexity index is 3320. The van der Waals surface area contributed by atoms with Gasteiger partial charge in [0.25, 0.3) is 0 Å². The van der Waals surface area contributed by atoms with Crippen molar-refractivity contribution in [3.63, 3.8) is 0 Å². The first-order valence-corrected chi connectivity index (χ1v) is 13.4. The molecule has 0 saturated heterocycles. The van der Waals surface area contributed by atoms with Crippen LogP contribution in [-0.4, -0.2) is 0 Å². The monoisotopic (exact) mass is 562 g/mol.